The second kappa shape index (κ2) is 4.78. The molecule has 0 bridgehead atoms. The van der Waals surface area contributed by atoms with Crippen LogP contribution in [0.4, 0.5) is 4.39 Å². The zero-order valence-corrected chi connectivity index (χ0v) is 7.79. The number of aliphatic carboxylic acids is 1. The van der Waals surface area contributed by atoms with Gasteiger partial charge in [0.15, 0.2) is 0 Å². The quantitative estimate of drug-likeness (QED) is 0.697. The molecule has 0 aromatic heterocycles. The maximum atomic E-state index is 12.6. The van der Waals surface area contributed by atoms with Crippen LogP contribution in [0.25, 0.3) is 0 Å². The third kappa shape index (κ3) is 2.58. The van der Waals surface area contributed by atoms with Gasteiger partial charge in [0, 0.05) is 5.56 Å². The van der Waals surface area contributed by atoms with Gasteiger partial charge < -0.3 is 15.9 Å². The normalized spacial score (nSPS) is 11.6. The number of aromatic hydroxyl groups is 1. The third-order valence-corrected chi connectivity index (χ3v) is 1.59. The van der Waals surface area contributed by atoms with Gasteiger partial charge in [-0.2, -0.15) is 0 Å². The number of hydrogen-bond donors (Lipinski definition) is 3. The van der Waals surface area contributed by atoms with Crippen molar-refractivity contribution in [2.24, 2.45) is 5.73 Å². The lowest BCUT2D eigenvalue weighted by Crippen LogP contribution is -2.20. The molecule has 0 aliphatic carbocycles. The minimum Gasteiger partial charge on any atom is -0.508 e. The molecular formula is C8H9ClFNO3. The zero-order valence-electron chi connectivity index (χ0n) is 6.98. The van der Waals surface area contributed by atoms with Gasteiger partial charge in [0.2, 0.25) is 0 Å². The predicted octanol–water partition coefficient (Wildman–Crippen LogP) is 1.04. The largest absolute Gasteiger partial charge is 0.508 e. The Balaban J connectivity index is 0.00000169. The van der Waals surface area contributed by atoms with Crippen molar-refractivity contribution >= 4 is 18.4 Å². The van der Waals surface area contributed by atoms with Gasteiger partial charge >= 0.3 is 5.97 Å². The van der Waals surface area contributed by atoms with Crippen LogP contribution in [0.3, 0.4) is 0 Å². The lowest BCUT2D eigenvalue weighted by Gasteiger charge is -2.08. The van der Waals surface area contributed by atoms with Crippen LogP contribution in [0.15, 0.2) is 18.2 Å². The van der Waals surface area contributed by atoms with Crippen molar-refractivity contribution in [2.75, 3.05) is 0 Å². The molecular weight excluding hydrogens is 213 g/mol. The number of carboxylic acid groups (broad SMARTS) is 1. The summed E-state index contributed by atoms with van der Waals surface area (Å²) in [5, 5.41) is 17.6. The summed E-state index contributed by atoms with van der Waals surface area (Å²) in [4.78, 5) is 10.4. The van der Waals surface area contributed by atoms with E-state index in [9.17, 15) is 9.18 Å². The molecule has 0 amide bonds. The molecule has 14 heavy (non-hydrogen) atoms. The second-order valence-corrected chi connectivity index (χ2v) is 2.52. The Hall–Kier alpha value is -1.33. The fourth-order valence-corrected chi connectivity index (χ4v) is 0.908. The minimum absolute atomic E-state index is 0. The summed E-state index contributed by atoms with van der Waals surface area (Å²) in [6.07, 6.45) is 0. The van der Waals surface area contributed by atoms with E-state index in [4.69, 9.17) is 15.9 Å². The molecule has 1 rings (SSSR count). The SMILES string of the molecule is Cl.NC(C(=O)O)c1cc(F)ccc1O. The van der Waals surface area contributed by atoms with Gasteiger partial charge in [-0.15, -0.1) is 12.4 Å². The van der Waals surface area contributed by atoms with Crippen molar-refractivity contribution < 1.29 is 19.4 Å². The van der Waals surface area contributed by atoms with Gasteiger partial charge in [-0.1, -0.05) is 0 Å². The van der Waals surface area contributed by atoms with Crippen molar-refractivity contribution in [3.05, 3.63) is 29.6 Å². The highest BCUT2D eigenvalue weighted by Gasteiger charge is 2.18. The van der Waals surface area contributed by atoms with Gasteiger partial charge in [0.25, 0.3) is 0 Å². The standard InChI is InChI=1S/C8H8FNO3.ClH/c9-4-1-2-6(11)5(3-4)7(10)8(12)13;/h1-3,7,11H,10H2,(H,12,13);1H. The van der Waals surface area contributed by atoms with Crippen LogP contribution in [0.2, 0.25) is 0 Å². The maximum Gasteiger partial charge on any atom is 0.325 e. The smallest absolute Gasteiger partial charge is 0.325 e. The Labute approximate surface area is 85.6 Å². The molecule has 1 aromatic rings. The Morgan fingerprint density at radius 2 is 2.07 bits per heavy atom. The number of carbonyl (C=O) groups is 1. The summed E-state index contributed by atoms with van der Waals surface area (Å²) in [6, 6.07) is 1.57. The van der Waals surface area contributed by atoms with Crippen molar-refractivity contribution in [3.63, 3.8) is 0 Å². The number of phenolic OH excluding ortho intramolecular Hbond substituents is 1. The van der Waals surface area contributed by atoms with Gasteiger partial charge in [-0.25, -0.2) is 4.39 Å². The fourth-order valence-electron chi connectivity index (χ4n) is 0.908. The zero-order chi connectivity index (χ0) is 10.0. The van der Waals surface area contributed by atoms with E-state index in [1.54, 1.807) is 0 Å². The molecule has 6 heteroatoms. The number of rotatable bonds is 2. The van der Waals surface area contributed by atoms with E-state index in [2.05, 4.69) is 0 Å². The molecule has 0 saturated carbocycles. The molecule has 1 unspecified atom stereocenters. The summed E-state index contributed by atoms with van der Waals surface area (Å²) in [6.45, 7) is 0. The molecule has 0 aliphatic heterocycles. The van der Waals surface area contributed by atoms with E-state index in [-0.39, 0.29) is 23.7 Å². The molecule has 4 nitrogen and oxygen atoms in total. The highest BCUT2D eigenvalue weighted by Crippen LogP contribution is 2.23. The van der Waals surface area contributed by atoms with E-state index in [0.717, 1.165) is 18.2 Å². The first kappa shape index (κ1) is 12.7. The van der Waals surface area contributed by atoms with Gasteiger partial charge in [-0.05, 0) is 18.2 Å². The van der Waals surface area contributed by atoms with Crippen LogP contribution >= 0.6 is 12.4 Å². The summed E-state index contributed by atoms with van der Waals surface area (Å²) in [7, 11) is 0. The van der Waals surface area contributed by atoms with E-state index in [0.29, 0.717) is 0 Å². The van der Waals surface area contributed by atoms with E-state index in [1.165, 1.54) is 0 Å². The van der Waals surface area contributed by atoms with E-state index >= 15 is 0 Å². The number of hydrogen-bond acceptors (Lipinski definition) is 3. The Morgan fingerprint density at radius 3 is 2.57 bits per heavy atom. The number of halogens is 2. The molecule has 0 spiro atoms. The highest BCUT2D eigenvalue weighted by molar-refractivity contribution is 5.85. The van der Waals surface area contributed by atoms with Crippen LogP contribution in [0, 0.1) is 5.82 Å². The summed E-state index contributed by atoms with van der Waals surface area (Å²) in [5.41, 5.74) is 5.05. The van der Waals surface area contributed by atoms with E-state index in [1.807, 2.05) is 0 Å². The van der Waals surface area contributed by atoms with Crippen LogP contribution in [0.5, 0.6) is 5.75 Å². The van der Waals surface area contributed by atoms with Crippen molar-refractivity contribution in [1.29, 1.82) is 0 Å². The molecule has 4 N–H and O–H groups in total. The molecule has 0 fully saturated rings. The minimum atomic E-state index is -1.41. The third-order valence-electron chi connectivity index (χ3n) is 1.59. The highest BCUT2D eigenvalue weighted by atomic mass is 35.5. The average molecular weight is 222 g/mol. The Morgan fingerprint density at radius 1 is 1.50 bits per heavy atom. The first-order chi connectivity index (χ1) is 6.02. The van der Waals surface area contributed by atoms with Crippen LogP contribution < -0.4 is 5.73 Å². The summed E-state index contributed by atoms with van der Waals surface area (Å²) >= 11 is 0. The average Bonchev–Trinajstić information content (AvgIpc) is 2.08. The summed E-state index contributed by atoms with van der Waals surface area (Å²) in [5.74, 6) is -2.28. The molecule has 0 saturated heterocycles. The number of phenols is 1. The molecule has 0 heterocycles. The number of benzene rings is 1. The van der Waals surface area contributed by atoms with E-state index < -0.39 is 17.8 Å². The van der Waals surface area contributed by atoms with Gasteiger partial charge in [0.05, 0.1) is 0 Å². The fraction of sp³-hybridized carbons (Fsp3) is 0.125. The topological polar surface area (TPSA) is 83.6 Å². The van der Waals surface area contributed by atoms with Crippen molar-refractivity contribution in [1.82, 2.24) is 0 Å². The Bertz CT molecular complexity index is 345. The lowest BCUT2D eigenvalue weighted by molar-refractivity contribution is -0.138. The van der Waals surface area contributed by atoms with Crippen LogP contribution in [0.1, 0.15) is 11.6 Å². The molecule has 1 atom stereocenters. The Kier molecular flexibility index (Phi) is 4.33. The second-order valence-electron chi connectivity index (χ2n) is 2.52. The van der Waals surface area contributed by atoms with Crippen molar-refractivity contribution in [2.45, 2.75) is 6.04 Å². The first-order valence-corrected chi connectivity index (χ1v) is 3.49. The first-order valence-electron chi connectivity index (χ1n) is 3.49. The summed E-state index contributed by atoms with van der Waals surface area (Å²) < 4.78 is 12.6. The van der Waals surface area contributed by atoms with Gasteiger partial charge in [-0.3, -0.25) is 4.79 Å². The van der Waals surface area contributed by atoms with Crippen LogP contribution in [-0.4, -0.2) is 16.2 Å². The molecule has 0 radical (unpaired) electrons. The predicted molar refractivity (Wildman–Crippen MR) is 49.9 cm³/mol. The maximum absolute atomic E-state index is 12.6. The van der Waals surface area contributed by atoms with Crippen LogP contribution in [-0.2, 0) is 4.79 Å². The molecule has 1 aromatic carbocycles. The monoisotopic (exact) mass is 221 g/mol. The molecule has 78 valence electrons. The number of nitrogens with two attached hydrogens (primary N) is 1. The van der Waals surface area contributed by atoms with Crippen molar-refractivity contribution in [3.8, 4) is 5.75 Å². The molecule has 0 aliphatic rings. The van der Waals surface area contributed by atoms with Gasteiger partial charge in [0.1, 0.15) is 17.6 Å². The number of carboxylic acids is 1. The lowest BCUT2D eigenvalue weighted by atomic mass is 10.1.